The van der Waals surface area contributed by atoms with Crippen molar-refractivity contribution < 1.29 is 14.0 Å². The number of rotatable bonds is 7. The molecule has 0 radical (unpaired) electrons. The first kappa shape index (κ1) is 27.2. The van der Waals surface area contributed by atoms with Crippen LogP contribution in [0.15, 0.2) is 42.5 Å². The third-order valence-electron chi connectivity index (χ3n) is 4.95. The fraction of sp³-hybridized carbons (Fsp3) is 0.481. The molecule has 0 unspecified atom stereocenters. The zero-order valence-corrected chi connectivity index (χ0v) is 21.8. The van der Waals surface area contributed by atoms with E-state index in [0.29, 0.717) is 25.2 Å². The SMILES string of the molecule is CN(C)c1ccc(NC(=O)CC(C)(C)C)cc1CN(Cc1ccc(F)cc1)C(=O)NC(C)(C)C. The molecule has 7 heteroatoms. The molecule has 2 rings (SSSR count). The van der Waals surface area contributed by atoms with Crippen LogP contribution in [0.25, 0.3) is 0 Å². The number of hydrogen-bond acceptors (Lipinski definition) is 3. The van der Waals surface area contributed by atoms with Crippen molar-refractivity contribution in [2.75, 3.05) is 24.3 Å². The second-order valence-corrected chi connectivity index (χ2v) is 11.2. The largest absolute Gasteiger partial charge is 0.377 e. The minimum atomic E-state index is -0.411. The summed E-state index contributed by atoms with van der Waals surface area (Å²) in [5.74, 6) is -0.368. The van der Waals surface area contributed by atoms with Gasteiger partial charge in [-0.05, 0) is 67.6 Å². The van der Waals surface area contributed by atoms with Crippen LogP contribution in [-0.2, 0) is 17.9 Å². The van der Waals surface area contributed by atoms with Crippen molar-refractivity contribution in [3.8, 4) is 0 Å². The first-order chi connectivity index (χ1) is 15.6. The van der Waals surface area contributed by atoms with Gasteiger partial charge in [-0.15, -0.1) is 0 Å². The number of carbonyl (C=O) groups is 2. The standard InChI is InChI=1S/C27H39FN4O2/c1-26(2,3)16-24(33)29-22-13-14-23(31(7)8)20(15-22)18-32(25(34)30-27(4,5)6)17-19-9-11-21(28)12-10-19/h9-15H,16-18H2,1-8H3,(H,29,33)(H,30,34). The maximum atomic E-state index is 13.4. The fourth-order valence-electron chi connectivity index (χ4n) is 3.53. The lowest BCUT2D eigenvalue weighted by Crippen LogP contribution is -2.48. The van der Waals surface area contributed by atoms with Crippen LogP contribution in [0, 0.1) is 11.2 Å². The number of hydrogen-bond donors (Lipinski definition) is 2. The number of urea groups is 1. The van der Waals surface area contributed by atoms with Gasteiger partial charge >= 0.3 is 6.03 Å². The highest BCUT2D eigenvalue weighted by Crippen LogP contribution is 2.27. The maximum absolute atomic E-state index is 13.4. The van der Waals surface area contributed by atoms with Crippen LogP contribution < -0.4 is 15.5 Å². The Hall–Kier alpha value is -3.09. The van der Waals surface area contributed by atoms with Gasteiger partial charge in [-0.3, -0.25) is 4.79 Å². The lowest BCUT2D eigenvalue weighted by atomic mass is 9.92. The highest BCUT2D eigenvalue weighted by atomic mass is 19.1. The molecule has 0 atom stereocenters. The smallest absolute Gasteiger partial charge is 0.318 e. The third kappa shape index (κ3) is 9.04. The zero-order valence-electron chi connectivity index (χ0n) is 21.8. The van der Waals surface area contributed by atoms with E-state index in [2.05, 4.69) is 10.6 Å². The lowest BCUT2D eigenvalue weighted by Gasteiger charge is -2.30. The summed E-state index contributed by atoms with van der Waals surface area (Å²) >= 11 is 0. The number of amides is 3. The Morgan fingerprint density at radius 3 is 2.06 bits per heavy atom. The van der Waals surface area contributed by atoms with Gasteiger partial charge in [-0.25, -0.2) is 9.18 Å². The van der Waals surface area contributed by atoms with Crippen LogP contribution in [0.1, 0.15) is 59.1 Å². The summed E-state index contributed by atoms with van der Waals surface area (Å²) in [6.07, 6.45) is 0.405. The highest BCUT2D eigenvalue weighted by Gasteiger charge is 2.22. The molecule has 0 aliphatic heterocycles. The van der Waals surface area contributed by atoms with Gasteiger partial charge in [0.15, 0.2) is 0 Å². The van der Waals surface area contributed by atoms with Gasteiger partial charge in [0, 0.05) is 50.5 Å². The van der Waals surface area contributed by atoms with E-state index in [1.807, 2.05) is 78.7 Å². The maximum Gasteiger partial charge on any atom is 0.318 e. The molecule has 0 saturated heterocycles. The highest BCUT2D eigenvalue weighted by molar-refractivity contribution is 5.91. The summed E-state index contributed by atoms with van der Waals surface area (Å²) in [4.78, 5) is 29.4. The quantitative estimate of drug-likeness (QED) is 0.539. The van der Waals surface area contributed by atoms with E-state index in [1.54, 1.807) is 17.0 Å². The van der Waals surface area contributed by atoms with E-state index in [1.165, 1.54) is 12.1 Å². The Morgan fingerprint density at radius 1 is 0.912 bits per heavy atom. The molecule has 0 aliphatic carbocycles. The first-order valence-electron chi connectivity index (χ1n) is 11.5. The molecule has 2 aromatic rings. The molecule has 2 N–H and O–H groups in total. The Balaban J connectivity index is 2.36. The topological polar surface area (TPSA) is 64.7 Å². The Kier molecular flexibility index (Phi) is 8.70. The van der Waals surface area contributed by atoms with E-state index in [9.17, 15) is 14.0 Å². The van der Waals surface area contributed by atoms with Crippen LogP contribution in [0.2, 0.25) is 0 Å². The van der Waals surface area contributed by atoms with Gasteiger partial charge in [0.2, 0.25) is 5.91 Å². The van der Waals surface area contributed by atoms with Crippen molar-refractivity contribution in [1.82, 2.24) is 10.2 Å². The lowest BCUT2D eigenvalue weighted by molar-refractivity contribution is -0.117. The monoisotopic (exact) mass is 470 g/mol. The molecule has 0 spiro atoms. The molecule has 0 aromatic heterocycles. The summed E-state index contributed by atoms with van der Waals surface area (Å²) in [6, 6.07) is 11.7. The van der Waals surface area contributed by atoms with Crippen LogP contribution >= 0.6 is 0 Å². The predicted molar refractivity (Wildman–Crippen MR) is 137 cm³/mol. The Labute approximate surface area is 203 Å². The molecule has 0 saturated carbocycles. The van der Waals surface area contributed by atoms with Gasteiger partial charge in [0.05, 0.1) is 0 Å². The van der Waals surface area contributed by atoms with Gasteiger partial charge in [-0.2, -0.15) is 0 Å². The summed E-state index contributed by atoms with van der Waals surface area (Å²) in [5, 5.41) is 6.01. The summed E-state index contributed by atoms with van der Waals surface area (Å²) < 4.78 is 13.4. The number of nitrogens with zero attached hydrogens (tertiary/aromatic N) is 2. The van der Waals surface area contributed by atoms with Crippen molar-refractivity contribution in [1.29, 1.82) is 0 Å². The van der Waals surface area contributed by atoms with Crippen molar-refractivity contribution in [3.63, 3.8) is 0 Å². The summed E-state index contributed by atoms with van der Waals surface area (Å²) in [7, 11) is 3.88. The van der Waals surface area contributed by atoms with E-state index in [4.69, 9.17) is 0 Å². The number of anilines is 2. The normalized spacial score (nSPS) is 11.7. The average molecular weight is 471 g/mol. The van der Waals surface area contributed by atoms with Crippen molar-refractivity contribution in [3.05, 3.63) is 59.4 Å². The second-order valence-electron chi connectivity index (χ2n) is 11.2. The number of carbonyl (C=O) groups excluding carboxylic acids is 2. The van der Waals surface area contributed by atoms with Gasteiger partial charge in [-0.1, -0.05) is 32.9 Å². The van der Waals surface area contributed by atoms with Gasteiger partial charge < -0.3 is 20.4 Å². The number of benzene rings is 2. The van der Waals surface area contributed by atoms with E-state index in [-0.39, 0.29) is 23.2 Å². The molecule has 3 amide bonds. The van der Waals surface area contributed by atoms with Gasteiger partial charge in [0.25, 0.3) is 0 Å². The molecule has 6 nitrogen and oxygen atoms in total. The summed E-state index contributed by atoms with van der Waals surface area (Å²) in [5.41, 5.74) is 2.82. The number of nitrogens with one attached hydrogen (secondary N) is 2. The average Bonchev–Trinajstić information content (AvgIpc) is 2.66. The van der Waals surface area contributed by atoms with Crippen LogP contribution in [0.3, 0.4) is 0 Å². The van der Waals surface area contributed by atoms with E-state index >= 15 is 0 Å². The molecule has 0 heterocycles. The summed E-state index contributed by atoms with van der Waals surface area (Å²) in [6.45, 7) is 12.5. The van der Waals surface area contributed by atoms with Crippen LogP contribution in [0.5, 0.6) is 0 Å². The molecule has 2 aromatic carbocycles. The van der Waals surface area contributed by atoms with Crippen LogP contribution in [0.4, 0.5) is 20.6 Å². The fourth-order valence-corrected chi connectivity index (χ4v) is 3.53. The molecule has 186 valence electrons. The van der Waals surface area contributed by atoms with Crippen LogP contribution in [-0.4, -0.2) is 36.5 Å². The van der Waals surface area contributed by atoms with Gasteiger partial charge in [0.1, 0.15) is 5.82 Å². The van der Waals surface area contributed by atoms with Crippen molar-refractivity contribution >= 4 is 23.3 Å². The first-order valence-corrected chi connectivity index (χ1v) is 11.5. The number of halogens is 1. The predicted octanol–water partition coefficient (Wildman–Crippen LogP) is 5.78. The zero-order chi connectivity index (χ0) is 25.7. The minimum Gasteiger partial charge on any atom is -0.377 e. The van der Waals surface area contributed by atoms with Crippen molar-refractivity contribution in [2.24, 2.45) is 5.41 Å². The molecular formula is C27H39FN4O2. The molecule has 0 bridgehead atoms. The third-order valence-corrected chi connectivity index (χ3v) is 4.95. The minimum absolute atomic E-state index is 0.0512. The van der Waals surface area contributed by atoms with Crippen molar-refractivity contribution in [2.45, 2.75) is 66.6 Å². The Bertz CT molecular complexity index is 989. The molecular weight excluding hydrogens is 431 g/mol. The van der Waals surface area contributed by atoms with E-state index in [0.717, 1.165) is 16.8 Å². The Morgan fingerprint density at radius 2 is 1.53 bits per heavy atom. The molecule has 0 aliphatic rings. The van der Waals surface area contributed by atoms with E-state index < -0.39 is 5.54 Å². The second kappa shape index (κ2) is 10.9. The molecule has 0 fully saturated rings. The molecule has 34 heavy (non-hydrogen) atoms.